The molecular weight excluding hydrogens is 393 g/mol. The van der Waals surface area contributed by atoms with Crippen molar-refractivity contribution in [3.05, 3.63) is 59.5 Å². The maximum Gasteiger partial charge on any atom is 0.266 e. The molecule has 1 fully saturated rings. The number of halogens is 3. The second-order valence-electron chi connectivity index (χ2n) is 7.50. The summed E-state index contributed by atoms with van der Waals surface area (Å²) in [5.41, 5.74) is 1.97. The van der Waals surface area contributed by atoms with Crippen LogP contribution in [0.5, 0.6) is 0 Å². The van der Waals surface area contributed by atoms with Crippen molar-refractivity contribution >= 4 is 22.3 Å². The summed E-state index contributed by atoms with van der Waals surface area (Å²) < 4.78 is 46.3. The molecule has 0 spiro atoms. The zero-order valence-corrected chi connectivity index (χ0v) is 16.8. The van der Waals surface area contributed by atoms with Gasteiger partial charge in [0.15, 0.2) is 0 Å². The van der Waals surface area contributed by atoms with Crippen LogP contribution < -0.4 is 10.2 Å². The van der Waals surface area contributed by atoms with Gasteiger partial charge in [0, 0.05) is 29.7 Å². The van der Waals surface area contributed by atoms with Gasteiger partial charge < -0.3 is 15.0 Å². The van der Waals surface area contributed by atoms with E-state index >= 15 is 0 Å². The number of hydrogen-bond donors (Lipinski definition) is 1. The first-order chi connectivity index (χ1) is 14.4. The topological polar surface area (TPSA) is 50.3 Å². The molecule has 2 heterocycles. The minimum Gasteiger partial charge on any atom is -0.377 e. The highest BCUT2D eigenvalue weighted by atomic mass is 19.3. The van der Waals surface area contributed by atoms with Crippen LogP contribution in [0.2, 0.25) is 0 Å². The van der Waals surface area contributed by atoms with Crippen LogP contribution in [0.3, 0.4) is 0 Å². The van der Waals surface area contributed by atoms with Crippen LogP contribution in [0, 0.1) is 5.82 Å². The molecule has 2 atom stereocenters. The lowest BCUT2D eigenvalue weighted by molar-refractivity contribution is 0.0532. The van der Waals surface area contributed by atoms with Crippen molar-refractivity contribution in [2.24, 2.45) is 0 Å². The van der Waals surface area contributed by atoms with Crippen LogP contribution in [0.4, 0.5) is 24.5 Å². The second kappa shape index (κ2) is 8.47. The predicted octanol–water partition coefficient (Wildman–Crippen LogP) is 5.10. The van der Waals surface area contributed by atoms with Gasteiger partial charge in [0.2, 0.25) is 0 Å². The van der Waals surface area contributed by atoms with E-state index in [1.54, 1.807) is 13.1 Å². The maximum atomic E-state index is 14.6. The number of alkyl halides is 2. The Kier molecular flexibility index (Phi) is 5.76. The number of morpholine rings is 1. The number of anilines is 2. The average molecular weight is 416 g/mol. The molecule has 1 aliphatic rings. The molecule has 0 saturated carbocycles. The number of nitrogens with one attached hydrogen (secondary N) is 1. The Morgan fingerprint density at radius 1 is 1.20 bits per heavy atom. The fraction of sp³-hybridized carbons (Fsp3) is 0.364. The van der Waals surface area contributed by atoms with Gasteiger partial charge in [-0.05, 0) is 32.0 Å². The SMILES string of the molecule is C[C@@H]1CN(c2ccc3nncc(N[C@H](C)c4cccc(C(F)F)c4F)c3c2)CCO1. The fourth-order valence-electron chi connectivity index (χ4n) is 3.79. The summed E-state index contributed by atoms with van der Waals surface area (Å²) in [4.78, 5) is 2.24. The van der Waals surface area contributed by atoms with Crippen molar-refractivity contribution in [1.29, 1.82) is 0 Å². The smallest absolute Gasteiger partial charge is 0.266 e. The number of nitrogens with zero attached hydrogens (tertiary/aromatic N) is 3. The van der Waals surface area contributed by atoms with Crippen LogP contribution in [-0.2, 0) is 4.74 Å². The Morgan fingerprint density at radius 2 is 2.00 bits per heavy atom. The maximum absolute atomic E-state index is 14.6. The van der Waals surface area contributed by atoms with Crippen molar-refractivity contribution < 1.29 is 17.9 Å². The van der Waals surface area contributed by atoms with E-state index in [2.05, 4.69) is 20.4 Å². The van der Waals surface area contributed by atoms with Gasteiger partial charge >= 0.3 is 0 Å². The number of rotatable bonds is 5. The van der Waals surface area contributed by atoms with Gasteiger partial charge in [-0.1, -0.05) is 18.2 Å². The highest BCUT2D eigenvalue weighted by Crippen LogP contribution is 2.32. The predicted molar refractivity (Wildman–Crippen MR) is 111 cm³/mol. The van der Waals surface area contributed by atoms with Crippen LogP contribution in [0.15, 0.2) is 42.6 Å². The number of fused-ring (bicyclic) bond motifs is 1. The van der Waals surface area contributed by atoms with Crippen molar-refractivity contribution in [3.8, 4) is 0 Å². The van der Waals surface area contributed by atoms with Gasteiger partial charge in [0.1, 0.15) is 5.82 Å². The normalized spacial score (nSPS) is 18.1. The van der Waals surface area contributed by atoms with E-state index in [1.165, 1.54) is 12.1 Å². The summed E-state index contributed by atoms with van der Waals surface area (Å²) in [6.07, 6.45) is -1.15. The molecule has 0 bridgehead atoms. The lowest BCUT2D eigenvalue weighted by atomic mass is 10.0. The molecule has 4 rings (SSSR count). The van der Waals surface area contributed by atoms with Crippen molar-refractivity contribution in [2.75, 3.05) is 29.9 Å². The zero-order chi connectivity index (χ0) is 21.3. The van der Waals surface area contributed by atoms with Gasteiger partial charge in [0.25, 0.3) is 6.43 Å². The summed E-state index contributed by atoms with van der Waals surface area (Å²) in [5, 5.41) is 12.2. The number of ether oxygens (including phenoxy) is 1. The van der Waals surface area contributed by atoms with Crippen molar-refractivity contribution in [1.82, 2.24) is 10.2 Å². The standard InChI is InChI=1S/C22H23F3N4O/c1-13-12-29(8-9-30-13)15-6-7-19-18(10-15)20(11-26-28-19)27-14(2)16-4-3-5-17(21(16)23)22(24)25/h3-7,10-11,13-14,22H,8-9,12H2,1-2H3,(H,27,28)/t13-,14-/m1/s1. The Morgan fingerprint density at radius 3 is 2.77 bits per heavy atom. The minimum absolute atomic E-state index is 0.146. The third-order valence-corrected chi connectivity index (χ3v) is 5.36. The summed E-state index contributed by atoms with van der Waals surface area (Å²) in [6, 6.07) is 9.43. The molecule has 0 radical (unpaired) electrons. The molecule has 30 heavy (non-hydrogen) atoms. The van der Waals surface area contributed by atoms with Crippen LogP contribution in [0.25, 0.3) is 10.9 Å². The molecule has 0 unspecified atom stereocenters. The van der Waals surface area contributed by atoms with Crippen LogP contribution in [0.1, 0.15) is 37.4 Å². The van der Waals surface area contributed by atoms with E-state index in [0.717, 1.165) is 30.2 Å². The fourth-order valence-corrected chi connectivity index (χ4v) is 3.79. The molecule has 1 aromatic heterocycles. The van der Waals surface area contributed by atoms with Crippen LogP contribution in [-0.4, -0.2) is 36.0 Å². The highest BCUT2D eigenvalue weighted by molar-refractivity contribution is 5.93. The molecule has 1 saturated heterocycles. The monoisotopic (exact) mass is 416 g/mol. The molecular formula is C22H23F3N4O. The molecule has 8 heteroatoms. The highest BCUT2D eigenvalue weighted by Gasteiger charge is 2.21. The van der Waals surface area contributed by atoms with E-state index in [0.29, 0.717) is 17.8 Å². The lowest BCUT2D eigenvalue weighted by Gasteiger charge is -2.33. The average Bonchev–Trinajstić information content (AvgIpc) is 2.73. The van der Waals surface area contributed by atoms with Gasteiger partial charge in [0.05, 0.1) is 41.7 Å². The molecule has 0 aliphatic carbocycles. The Bertz CT molecular complexity index is 1050. The van der Waals surface area contributed by atoms with E-state index < -0.39 is 23.8 Å². The quantitative estimate of drug-likeness (QED) is 0.627. The summed E-state index contributed by atoms with van der Waals surface area (Å²) >= 11 is 0. The lowest BCUT2D eigenvalue weighted by Crippen LogP contribution is -2.41. The minimum atomic E-state index is -2.86. The van der Waals surface area contributed by atoms with Crippen molar-refractivity contribution in [3.63, 3.8) is 0 Å². The van der Waals surface area contributed by atoms with E-state index in [9.17, 15) is 13.2 Å². The number of hydrogen-bond acceptors (Lipinski definition) is 5. The largest absolute Gasteiger partial charge is 0.377 e. The molecule has 3 aromatic rings. The number of benzene rings is 2. The van der Waals surface area contributed by atoms with Gasteiger partial charge in [-0.25, -0.2) is 13.2 Å². The Labute approximate surface area is 172 Å². The first-order valence-electron chi connectivity index (χ1n) is 9.89. The van der Waals surface area contributed by atoms with E-state index in [1.807, 2.05) is 25.1 Å². The van der Waals surface area contributed by atoms with E-state index in [4.69, 9.17) is 4.74 Å². The van der Waals surface area contributed by atoms with Gasteiger partial charge in [-0.15, -0.1) is 0 Å². The Hall–Kier alpha value is -2.87. The third kappa shape index (κ3) is 4.05. The summed E-state index contributed by atoms with van der Waals surface area (Å²) in [5.74, 6) is -0.887. The second-order valence-corrected chi connectivity index (χ2v) is 7.50. The molecule has 158 valence electrons. The first kappa shape index (κ1) is 20.4. The first-order valence-corrected chi connectivity index (χ1v) is 9.89. The zero-order valence-electron chi connectivity index (χ0n) is 16.8. The van der Waals surface area contributed by atoms with E-state index in [-0.39, 0.29) is 11.7 Å². The summed E-state index contributed by atoms with van der Waals surface area (Å²) in [6.45, 7) is 6.01. The third-order valence-electron chi connectivity index (χ3n) is 5.36. The van der Waals surface area contributed by atoms with Crippen molar-refractivity contribution in [2.45, 2.75) is 32.4 Å². The van der Waals surface area contributed by atoms with Gasteiger partial charge in [-0.3, -0.25) is 0 Å². The van der Waals surface area contributed by atoms with Crippen LogP contribution >= 0.6 is 0 Å². The molecule has 5 nitrogen and oxygen atoms in total. The molecule has 1 aliphatic heterocycles. The molecule has 2 aromatic carbocycles. The number of aromatic nitrogens is 2. The summed E-state index contributed by atoms with van der Waals surface area (Å²) in [7, 11) is 0. The Balaban J connectivity index is 1.66. The molecule has 0 amide bonds. The van der Waals surface area contributed by atoms with Gasteiger partial charge in [-0.2, -0.15) is 10.2 Å². The molecule has 1 N–H and O–H groups in total.